The van der Waals surface area contributed by atoms with Crippen LogP contribution in [0.3, 0.4) is 0 Å². The number of halogens is 1. The fourth-order valence-electron chi connectivity index (χ4n) is 5.95. The molecule has 3 aliphatic heterocycles. The van der Waals surface area contributed by atoms with Gasteiger partial charge in [0.1, 0.15) is 5.82 Å². The Labute approximate surface area is 180 Å². The second kappa shape index (κ2) is 7.66. The van der Waals surface area contributed by atoms with Crippen molar-refractivity contribution < 1.29 is 14.0 Å². The first-order valence-electron chi connectivity index (χ1n) is 11.1. The minimum Gasteiger partial charge on any atom is -0.369 e. The predicted octanol–water partition coefficient (Wildman–Crippen LogP) is 2.52. The third-order valence-corrected chi connectivity index (χ3v) is 7.22. The van der Waals surface area contributed by atoms with Gasteiger partial charge in [-0.3, -0.25) is 9.59 Å². The summed E-state index contributed by atoms with van der Waals surface area (Å²) in [4.78, 5) is 37.3. The van der Waals surface area contributed by atoms with Crippen molar-refractivity contribution >= 4 is 17.8 Å². The summed E-state index contributed by atoms with van der Waals surface area (Å²) in [5, 5.41) is 0. The number of hydrogen-bond acceptors (Lipinski definition) is 4. The molecule has 8 heteroatoms. The first-order chi connectivity index (χ1) is 14.9. The van der Waals surface area contributed by atoms with E-state index < -0.39 is 0 Å². The van der Waals surface area contributed by atoms with E-state index in [1.807, 2.05) is 11.0 Å². The van der Waals surface area contributed by atoms with Gasteiger partial charge in [0.25, 0.3) is 5.91 Å². The topological polar surface area (TPSA) is 95.3 Å². The first kappa shape index (κ1) is 20.0. The molecule has 7 nitrogen and oxygen atoms in total. The zero-order valence-electron chi connectivity index (χ0n) is 17.7. The summed E-state index contributed by atoms with van der Waals surface area (Å²) in [5.41, 5.74) is 7.68. The van der Waals surface area contributed by atoms with E-state index in [0.717, 1.165) is 24.8 Å². The number of benzene rings is 1. The van der Waals surface area contributed by atoms with Gasteiger partial charge in [0.05, 0.1) is 0 Å². The van der Waals surface area contributed by atoms with Crippen LogP contribution < -0.4 is 5.73 Å². The number of nitrogens with one attached hydrogen (secondary N) is 1. The quantitative estimate of drug-likeness (QED) is 0.790. The van der Waals surface area contributed by atoms with E-state index in [1.54, 1.807) is 19.1 Å². The highest BCUT2D eigenvalue weighted by Crippen LogP contribution is 2.43. The highest BCUT2D eigenvalue weighted by Gasteiger charge is 2.50. The Morgan fingerprint density at radius 3 is 2.87 bits per heavy atom. The van der Waals surface area contributed by atoms with Gasteiger partial charge in [0, 0.05) is 37.3 Å². The monoisotopic (exact) mass is 425 g/mol. The number of aromatic nitrogens is 2. The molecule has 0 radical (unpaired) electrons. The first-order valence-corrected chi connectivity index (χ1v) is 11.1. The fraction of sp³-hybridized carbons (Fsp3) is 0.522. The number of nitrogen functional groups attached to an aromatic ring is 1. The molecule has 1 aromatic heterocycles. The Hall–Kier alpha value is -2.90. The van der Waals surface area contributed by atoms with E-state index in [0.29, 0.717) is 37.3 Å². The maximum absolute atomic E-state index is 13.8. The van der Waals surface area contributed by atoms with E-state index in [-0.39, 0.29) is 47.5 Å². The number of piperidine rings is 3. The van der Waals surface area contributed by atoms with Crippen LogP contribution >= 0.6 is 0 Å². The van der Waals surface area contributed by atoms with Crippen LogP contribution in [0, 0.1) is 24.6 Å². The normalized spacial score (nSPS) is 27.9. The number of nitrogens with zero attached hydrogens (tertiary/aromatic N) is 3. The average Bonchev–Trinajstić information content (AvgIpc) is 3.08. The summed E-state index contributed by atoms with van der Waals surface area (Å²) in [6.07, 6.45) is 4.01. The van der Waals surface area contributed by atoms with E-state index in [9.17, 15) is 14.0 Å². The molecule has 164 valence electrons. The van der Waals surface area contributed by atoms with Crippen LogP contribution in [-0.2, 0) is 11.2 Å². The molecular formula is C23H28FN5O2. The molecule has 3 saturated heterocycles. The van der Waals surface area contributed by atoms with Gasteiger partial charge in [0.2, 0.25) is 5.91 Å². The number of carbonyl (C=O) groups is 2. The van der Waals surface area contributed by atoms with Gasteiger partial charge in [-0.2, -0.15) is 0 Å². The van der Waals surface area contributed by atoms with Crippen LogP contribution in [-0.4, -0.2) is 56.8 Å². The fourth-order valence-corrected chi connectivity index (χ4v) is 5.95. The largest absolute Gasteiger partial charge is 0.369 e. The van der Waals surface area contributed by atoms with E-state index >= 15 is 0 Å². The number of carbonyl (C=O) groups excluding carboxylic acids is 2. The van der Waals surface area contributed by atoms with Gasteiger partial charge in [-0.15, -0.1) is 0 Å². The Morgan fingerprint density at radius 2 is 2.13 bits per heavy atom. The number of anilines is 1. The van der Waals surface area contributed by atoms with Crippen LogP contribution in [0.1, 0.15) is 47.4 Å². The van der Waals surface area contributed by atoms with Gasteiger partial charge in [-0.25, -0.2) is 9.37 Å². The molecule has 3 N–H and O–H groups in total. The zero-order valence-corrected chi connectivity index (χ0v) is 17.7. The number of aromatic amines is 1. The SMILES string of the molecule is Cc1[nH]c(N)nc1C(=O)N1C[C@H]2C[C@@H](C1)[C@H](Cc1cccc(F)c1)N1C(=O)CCC[C@@H]21. The summed E-state index contributed by atoms with van der Waals surface area (Å²) in [6.45, 7) is 3.00. The number of amides is 2. The number of H-pyrrole nitrogens is 1. The molecule has 2 aromatic rings. The van der Waals surface area contributed by atoms with Crippen molar-refractivity contribution in [3.63, 3.8) is 0 Å². The molecule has 2 bridgehead atoms. The van der Waals surface area contributed by atoms with Crippen molar-refractivity contribution in [3.8, 4) is 0 Å². The van der Waals surface area contributed by atoms with E-state index in [1.165, 1.54) is 6.07 Å². The summed E-state index contributed by atoms with van der Waals surface area (Å²) < 4.78 is 13.8. The molecule has 3 fully saturated rings. The molecule has 0 unspecified atom stereocenters. The molecule has 1 aromatic carbocycles. The van der Waals surface area contributed by atoms with E-state index in [4.69, 9.17) is 5.73 Å². The minimum atomic E-state index is -0.264. The second-order valence-electron chi connectivity index (χ2n) is 9.22. The maximum Gasteiger partial charge on any atom is 0.274 e. The third kappa shape index (κ3) is 3.58. The summed E-state index contributed by atoms with van der Waals surface area (Å²) >= 11 is 0. The number of imidazole rings is 1. The van der Waals surface area contributed by atoms with Crippen molar-refractivity contribution in [2.75, 3.05) is 18.8 Å². The second-order valence-corrected chi connectivity index (χ2v) is 9.22. The Morgan fingerprint density at radius 1 is 1.32 bits per heavy atom. The molecule has 0 spiro atoms. The average molecular weight is 426 g/mol. The molecule has 31 heavy (non-hydrogen) atoms. The van der Waals surface area contributed by atoms with Crippen LogP contribution in [0.2, 0.25) is 0 Å². The lowest BCUT2D eigenvalue weighted by Crippen LogP contribution is -2.66. The summed E-state index contributed by atoms with van der Waals surface area (Å²) in [6, 6.07) is 6.73. The smallest absolute Gasteiger partial charge is 0.274 e. The summed E-state index contributed by atoms with van der Waals surface area (Å²) in [7, 11) is 0. The molecule has 5 rings (SSSR count). The van der Waals surface area contributed by atoms with Gasteiger partial charge in [-0.1, -0.05) is 12.1 Å². The predicted molar refractivity (Wildman–Crippen MR) is 114 cm³/mol. The molecular weight excluding hydrogens is 397 g/mol. The molecule has 3 aliphatic rings. The van der Waals surface area contributed by atoms with Gasteiger partial charge in [0.15, 0.2) is 11.6 Å². The van der Waals surface area contributed by atoms with Gasteiger partial charge in [-0.05, 0) is 62.1 Å². The van der Waals surface area contributed by atoms with Gasteiger partial charge < -0.3 is 20.5 Å². The van der Waals surface area contributed by atoms with Crippen molar-refractivity contribution in [3.05, 3.63) is 47.0 Å². The molecule has 2 amide bonds. The van der Waals surface area contributed by atoms with Crippen molar-refractivity contribution in [2.45, 2.75) is 51.1 Å². The highest BCUT2D eigenvalue weighted by molar-refractivity contribution is 5.94. The molecule has 4 heterocycles. The Bertz CT molecular complexity index is 1020. The van der Waals surface area contributed by atoms with Crippen molar-refractivity contribution in [2.24, 2.45) is 11.8 Å². The van der Waals surface area contributed by atoms with Crippen molar-refractivity contribution in [1.82, 2.24) is 19.8 Å². The third-order valence-electron chi connectivity index (χ3n) is 7.22. The summed E-state index contributed by atoms with van der Waals surface area (Å²) in [5.74, 6) is 0.474. The van der Waals surface area contributed by atoms with Crippen LogP contribution in [0.4, 0.5) is 10.3 Å². The number of hydrogen-bond donors (Lipinski definition) is 2. The van der Waals surface area contributed by atoms with Crippen LogP contribution in [0.5, 0.6) is 0 Å². The number of rotatable bonds is 3. The lowest BCUT2D eigenvalue weighted by Gasteiger charge is -2.56. The standard InChI is InChI=1S/C23H28FN5O2/c1-13-21(27-23(25)26-13)22(31)28-11-15-10-16(12-28)19(9-14-4-2-5-17(24)8-14)29-18(15)6-3-7-20(29)30/h2,4-5,8,15-16,18-19H,3,6-7,9-12H2,1H3,(H3,25,26,27)/t15-,16+,18+,19+/m1/s1. The highest BCUT2D eigenvalue weighted by atomic mass is 19.1. The number of aryl methyl sites for hydroxylation is 1. The van der Waals surface area contributed by atoms with Crippen molar-refractivity contribution in [1.29, 1.82) is 0 Å². The van der Waals surface area contributed by atoms with Crippen LogP contribution in [0.25, 0.3) is 0 Å². The number of likely N-dealkylation sites (tertiary alicyclic amines) is 1. The lowest BCUT2D eigenvalue weighted by atomic mass is 9.70. The number of nitrogens with two attached hydrogens (primary N) is 1. The lowest BCUT2D eigenvalue weighted by molar-refractivity contribution is -0.151. The zero-order chi connectivity index (χ0) is 21.7. The molecule has 4 atom stereocenters. The number of fused-ring (bicyclic) bond motifs is 4. The Kier molecular flexibility index (Phi) is 4.95. The van der Waals surface area contributed by atoms with Gasteiger partial charge >= 0.3 is 0 Å². The molecule has 0 saturated carbocycles. The Balaban J connectivity index is 1.45. The van der Waals surface area contributed by atoms with E-state index in [2.05, 4.69) is 14.9 Å². The molecule has 0 aliphatic carbocycles. The minimum absolute atomic E-state index is 0.0307. The van der Waals surface area contributed by atoms with Crippen LogP contribution in [0.15, 0.2) is 24.3 Å². The maximum atomic E-state index is 13.8.